The molecule has 1 rings (SSSR count). The highest BCUT2D eigenvalue weighted by molar-refractivity contribution is 7.99. The van der Waals surface area contributed by atoms with Crippen molar-refractivity contribution in [3.8, 4) is 6.07 Å². The van der Waals surface area contributed by atoms with Gasteiger partial charge in [-0.05, 0) is 18.6 Å². The van der Waals surface area contributed by atoms with E-state index in [2.05, 4.69) is 6.07 Å². The zero-order valence-electron chi connectivity index (χ0n) is 7.23. The molecular weight excluding hydrogens is 182 g/mol. The Morgan fingerprint density at radius 3 is 2.85 bits per heavy atom. The summed E-state index contributed by atoms with van der Waals surface area (Å²) in [5.41, 5.74) is 0.713. The molecule has 68 valence electrons. The summed E-state index contributed by atoms with van der Waals surface area (Å²) in [5.74, 6) is 0.856. The van der Waals surface area contributed by atoms with Crippen LogP contribution >= 0.6 is 11.8 Å². The topological polar surface area (TPSA) is 44.0 Å². The van der Waals surface area contributed by atoms with Gasteiger partial charge >= 0.3 is 0 Å². The van der Waals surface area contributed by atoms with Gasteiger partial charge in [-0.25, -0.2) is 0 Å². The van der Waals surface area contributed by atoms with Gasteiger partial charge in [-0.3, -0.25) is 0 Å². The van der Waals surface area contributed by atoms with Crippen LogP contribution in [0.3, 0.4) is 0 Å². The lowest BCUT2D eigenvalue weighted by molar-refractivity contribution is 0.296. The highest BCUT2D eigenvalue weighted by Crippen LogP contribution is 2.22. The maximum Gasteiger partial charge on any atom is 0.100 e. The number of rotatable bonds is 4. The molecule has 0 fully saturated rings. The van der Waals surface area contributed by atoms with Crippen LogP contribution in [0.2, 0.25) is 0 Å². The molecule has 0 heterocycles. The van der Waals surface area contributed by atoms with Gasteiger partial charge in [0.25, 0.3) is 0 Å². The Morgan fingerprint density at radius 1 is 1.38 bits per heavy atom. The number of nitrogens with zero attached hydrogens (tertiary/aromatic N) is 1. The molecule has 0 bridgehead atoms. The van der Waals surface area contributed by atoms with Crippen LogP contribution in [0, 0.1) is 11.3 Å². The normalized spacial score (nSPS) is 9.54. The predicted octanol–water partition coefficient (Wildman–Crippen LogP) is 2.03. The molecule has 0 aliphatic rings. The lowest BCUT2D eigenvalue weighted by Gasteiger charge is -2.01. The summed E-state index contributed by atoms with van der Waals surface area (Å²) in [6, 6.07) is 9.65. The van der Waals surface area contributed by atoms with Gasteiger partial charge in [0.15, 0.2) is 0 Å². The molecule has 0 spiro atoms. The van der Waals surface area contributed by atoms with Gasteiger partial charge in [-0.1, -0.05) is 12.1 Å². The highest BCUT2D eigenvalue weighted by atomic mass is 32.2. The number of aliphatic hydroxyl groups excluding tert-OH is 1. The van der Waals surface area contributed by atoms with E-state index in [1.165, 1.54) is 0 Å². The third-order valence-electron chi connectivity index (χ3n) is 1.57. The zero-order chi connectivity index (χ0) is 9.52. The van der Waals surface area contributed by atoms with Crippen LogP contribution in [0.1, 0.15) is 12.0 Å². The molecule has 0 aliphatic heterocycles. The first-order chi connectivity index (χ1) is 6.38. The largest absolute Gasteiger partial charge is 0.396 e. The quantitative estimate of drug-likeness (QED) is 0.587. The van der Waals surface area contributed by atoms with Gasteiger partial charge in [0.1, 0.15) is 6.07 Å². The highest BCUT2D eigenvalue weighted by Gasteiger charge is 1.99. The van der Waals surface area contributed by atoms with Crippen LogP contribution in [0.4, 0.5) is 0 Å². The first kappa shape index (κ1) is 10.1. The van der Waals surface area contributed by atoms with Crippen molar-refractivity contribution in [2.24, 2.45) is 0 Å². The van der Waals surface area contributed by atoms with Gasteiger partial charge < -0.3 is 5.11 Å². The number of aliphatic hydroxyl groups is 1. The van der Waals surface area contributed by atoms with Crippen molar-refractivity contribution in [3.63, 3.8) is 0 Å². The Kier molecular flexibility index (Phi) is 4.37. The van der Waals surface area contributed by atoms with Crippen molar-refractivity contribution in [3.05, 3.63) is 29.8 Å². The Hall–Kier alpha value is -0.980. The Labute approximate surface area is 82.2 Å². The average Bonchev–Trinajstić information content (AvgIpc) is 2.19. The standard InChI is InChI=1S/C10H11NOS/c11-8-9-4-1-2-5-10(9)13-7-3-6-12/h1-2,4-5,12H,3,6-7H2. The Bertz CT molecular complexity index is 306. The van der Waals surface area contributed by atoms with E-state index in [4.69, 9.17) is 10.4 Å². The molecular formula is C10H11NOS. The number of nitriles is 1. The second kappa shape index (κ2) is 5.63. The molecule has 1 aromatic carbocycles. The van der Waals surface area contributed by atoms with E-state index in [9.17, 15) is 0 Å². The van der Waals surface area contributed by atoms with Crippen LogP contribution in [0.15, 0.2) is 29.2 Å². The van der Waals surface area contributed by atoms with E-state index in [0.29, 0.717) is 5.56 Å². The molecule has 0 aromatic heterocycles. The van der Waals surface area contributed by atoms with Crippen LogP contribution in [0.25, 0.3) is 0 Å². The fourth-order valence-electron chi connectivity index (χ4n) is 0.932. The molecule has 3 heteroatoms. The second-order valence-electron chi connectivity index (χ2n) is 2.53. The summed E-state index contributed by atoms with van der Waals surface area (Å²) in [6.45, 7) is 0.210. The minimum atomic E-state index is 0.210. The summed E-state index contributed by atoms with van der Waals surface area (Å²) in [4.78, 5) is 0.999. The molecule has 0 atom stereocenters. The molecule has 13 heavy (non-hydrogen) atoms. The summed E-state index contributed by atoms with van der Waals surface area (Å²) in [5, 5.41) is 17.4. The summed E-state index contributed by atoms with van der Waals surface area (Å²) < 4.78 is 0. The van der Waals surface area contributed by atoms with Crippen LogP contribution < -0.4 is 0 Å². The average molecular weight is 193 g/mol. The SMILES string of the molecule is N#Cc1ccccc1SCCCO. The number of benzene rings is 1. The smallest absolute Gasteiger partial charge is 0.100 e. The van der Waals surface area contributed by atoms with Gasteiger partial charge in [0, 0.05) is 17.3 Å². The van der Waals surface area contributed by atoms with Crippen molar-refractivity contribution in [1.82, 2.24) is 0 Å². The number of hydrogen-bond acceptors (Lipinski definition) is 3. The minimum Gasteiger partial charge on any atom is -0.396 e. The first-order valence-electron chi connectivity index (χ1n) is 4.11. The lowest BCUT2D eigenvalue weighted by atomic mass is 10.2. The van der Waals surface area contributed by atoms with Gasteiger partial charge in [-0.2, -0.15) is 5.26 Å². The van der Waals surface area contributed by atoms with Crippen LogP contribution in [-0.4, -0.2) is 17.5 Å². The third kappa shape index (κ3) is 3.10. The predicted molar refractivity (Wildman–Crippen MR) is 53.6 cm³/mol. The number of thioether (sulfide) groups is 1. The molecule has 2 nitrogen and oxygen atoms in total. The Balaban J connectivity index is 2.60. The Morgan fingerprint density at radius 2 is 2.15 bits per heavy atom. The van der Waals surface area contributed by atoms with Gasteiger partial charge in [0.05, 0.1) is 5.56 Å². The monoisotopic (exact) mass is 193 g/mol. The lowest BCUT2D eigenvalue weighted by Crippen LogP contribution is -1.87. The van der Waals surface area contributed by atoms with E-state index < -0.39 is 0 Å². The van der Waals surface area contributed by atoms with E-state index in [1.54, 1.807) is 17.8 Å². The molecule has 0 saturated heterocycles. The summed E-state index contributed by atoms with van der Waals surface area (Å²) >= 11 is 1.61. The molecule has 1 aromatic rings. The van der Waals surface area contributed by atoms with E-state index >= 15 is 0 Å². The molecule has 0 radical (unpaired) electrons. The summed E-state index contributed by atoms with van der Waals surface area (Å²) in [7, 11) is 0. The summed E-state index contributed by atoms with van der Waals surface area (Å²) in [6.07, 6.45) is 0.768. The van der Waals surface area contributed by atoms with E-state index in [1.807, 2.05) is 18.2 Å². The van der Waals surface area contributed by atoms with Gasteiger partial charge in [-0.15, -0.1) is 11.8 Å². The third-order valence-corrected chi connectivity index (χ3v) is 2.73. The molecule has 0 aliphatic carbocycles. The fraction of sp³-hybridized carbons (Fsp3) is 0.300. The van der Waals surface area contributed by atoms with Crippen molar-refractivity contribution in [2.45, 2.75) is 11.3 Å². The maximum atomic E-state index is 8.76. The second-order valence-corrected chi connectivity index (χ2v) is 3.67. The molecule has 0 unspecified atom stereocenters. The van der Waals surface area contributed by atoms with Crippen molar-refractivity contribution in [1.29, 1.82) is 5.26 Å². The molecule has 0 amide bonds. The zero-order valence-corrected chi connectivity index (χ0v) is 8.05. The van der Waals surface area contributed by atoms with Crippen molar-refractivity contribution in [2.75, 3.05) is 12.4 Å². The number of hydrogen-bond donors (Lipinski definition) is 1. The maximum absolute atomic E-state index is 8.76. The molecule has 1 N–H and O–H groups in total. The van der Waals surface area contributed by atoms with Crippen molar-refractivity contribution < 1.29 is 5.11 Å². The fourth-order valence-corrected chi connectivity index (χ4v) is 1.87. The van der Waals surface area contributed by atoms with Crippen molar-refractivity contribution >= 4 is 11.8 Å². The van der Waals surface area contributed by atoms with E-state index in [-0.39, 0.29) is 6.61 Å². The van der Waals surface area contributed by atoms with Crippen LogP contribution in [0.5, 0.6) is 0 Å². The minimum absolute atomic E-state index is 0.210. The molecule has 0 saturated carbocycles. The van der Waals surface area contributed by atoms with Gasteiger partial charge in [0.2, 0.25) is 0 Å². The van der Waals surface area contributed by atoms with Crippen LogP contribution in [-0.2, 0) is 0 Å². The first-order valence-corrected chi connectivity index (χ1v) is 5.10. The van der Waals surface area contributed by atoms with E-state index in [0.717, 1.165) is 17.1 Å².